The topological polar surface area (TPSA) is 46.3 Å². The van der Waals surface area contributed by atoms with E-state index in [1.54, 1.807) is 16.2 Å². The predicted molar refractivity (Wildman–Crippen MR) is 71.6 cm³/mol. The van der Waals surface area contributed by atoms with E-state index in [1.165, 1.54) is 4.88 Å². The van der Waals surface area contributed by atoms with E-state index in [-0.39, 0.29) is 5.91 Å². The molecule has 0 atom stereocenters. The maximum atomic E-state index is 11.6. The predicted octanol–water partition coefficient (Wildman–Crippen LogP) is 2.25. The molecule has 5 heteroatoms. The van der Waals surface area contributed by atoms with Gasteiger partial charge in [-0.3, -0.25) is 4.79 Å². The quantitative estimate of drug-likeness (QED) is 0.876. The minimum absolute atomic E-state index is 0.182. The van der Waals surface area contributed by atoms with Crippen molar-refractivity contribution in [1.29, 1.82) is 0 Å². The molecule has 0 aliphatic heterocycles. The molecule has 0 aromatic carbocycles. The third-order valence-corrected chi connectivity index (χ3v) is 4.03. The Labute approximate surface area is 109 Å². The van der Waals surface area contributed by atoms with Crippen LogP contribution in [0.4, 0.5) is 0 Å². The number of carbonyl (C=O) groups excluding carboxylic acids is 1. The monoisotopic (exact) mass is 304 g/mol. The van der Waals surface area contributed by atoms with E-state index in [1.807, 2.05) is 13.1 Å². The number of carbonyl (C=O) groups is 1. The summed E-state index contributed by atoms with van der Waals surface area (Å²) in [5, 5.41) is 0. The molecule has 3 nitrogen and oxygen atoms in total. The average molecular weight is 305 g/mol. The summed E-state index contributed by atoms with van der Waals surface area (Å²) in [5.74, 6) is 0.182. The Kier molecular flexibility index (Phi) is 6.01. The highest BCUT2D eigenvalue weighted by molar-refractivity contribution is 9.11. The van der Waals surface area contributed by atoms with Crippen molar-refractivity contribution >= 4 is 33.2 Å². The van der Waals surface area contributed by atoms with Crippen LogP contribution in [-0.4, -0.2) is 30.9 Å². The van der Waals surface area contributed by atoms with Gasteiger partial charge in [-0.05, 0) is 47.4 Å². The Hall–Kier alpha value is -0.390. The molecule has 2 N–H and O–H groups in total. The van der Waals surface area contributed by atoms with Crippen molar-refractivity contribution in [2.24, 2.45) is 5.73 Å². The number of rotatable bonds is 6. The summed E-state index contributed by atoms with van der Waals surface area (Å²) in [6.07, 6.45) is 2.25. The number of hydrogen-bond acceptors (Lipinski definition) is 3. The van der Waals surface area contributed by atoms with Crippen LogP contribution in [-0.2, 0) is 11.2 Å². The van der Waals surface area contributed by atoms with E-state index in [0.717, 1.165) is 23.2 Å². The van der Waals surface area contributed by atoms with E-state index in [9.17, 15) is 4.79 Å². The van der Waals surface area contributed by atoms with Crippen LogP contribution in [0.25, 0.3) is 0 Å². The van der Waals surface area contributed by atoms with Gasteiger partial charge in [0.25, 0.3) is 0 Å². The second kappa shape index (κ2) is 7.04. The van der Waals surface area contributed by atoms with Gasteiger partial charge < -0.3 is 10.6 Å². The standard InChI is InChI=1S/C11H17BrN2OS/c1-14(11(15)3-2-7-13)8-6-9-4-5-10(12)16-9/h4-5H,2-3,6-8,13H2,1H3. The molecule has 90 valence electrons. The largest absolute Gasteiger partial charge is 0.345 e. The molecule has 0 radical (unpaired) electrons. The SMILES string of the molecule is CN(CCc1ccc(Br)s1)C(=O)CCCN. The van der Waals surface area contributed by atoms with Gasteiger partial charge in [0.05, 0.1) is 3.79 Å². The molecular weight excluding hydrogens is 288 g/mol. The van der Waals surface area contributed by atoms with Crippen LogP contribution in [0.3, 0.4) is 0 Å². The maximum absolute atomic E-state index is 11.6. The molecule has 1 aromatic rings. The number of amides is 1. The molecule has 0 saturated heterocycles. The van der Waals surface area contributed by atoms with Gasteiger partial charge in [0.2, 0.25) is 5.91 Å². The lowest BCUT2D eigenvalue weighted by molar-refractivity contribution is -0.129. The molecule has 1 rings (SSSR count). The van der Waals surface area contributed by atoms with Crippen molar-refractivity contribution in [3.63, 3.8) is 0 Å². The van der Waals surface area contributed by atoms with Gasteiger partial charge in [-0.15, -0.1) is 11.3 Å². The highest BCUT2D eigenvalue weighted by Crippen LogP contribution is 2.22. The Morgan fingerprint density at radius 1 is 1.56 bits per heavy atom. The summed E-state index contributed by atoms with van der Waals surface area (Å²) in [4.78, 5) is 14.7. The molecule has 1 heterocycles. The first-order valence-corrected chi connectivity index (χ1v) is 6.92. The summed E-state index contributed by atoms with van der Waals surface area (Å²) in [7, 11) is 1.85. The van der Waals surface area contributed by atoms with Crippen molar-refractivity contribution in [3.8, 4) is 0 Å². The van der Waals surface area contributed by atoms with E-state index < -0.39 is 0 Å². The number of nitrogens with two attached hydrogens (primary N) is 1. The zero-order valence-corrected chi connectivity index (χ0v) is 11.8. The zero-order valence-electron chi connectivity index (χ0n) is 9.41. The lowest BCUT2D eigenvalue weighted by atomic mass is 10.2. The van der Waals surface area contributed by atoms with E-state index in [0.29, 0.717) is 13.0 Å². The Balaban J connectivity index is 2.29. The third-order valence-electron chi connectivity index (χ3n) is 2.34. The molecule has 0 fully saturated rings. The fraction of sp³-hybridized carbons (Fsp3) is 0.545. The minimum Gasteiger partial charge on any atom is -0.345 e. The van der Waals surface area contributed by atoms with Crippen molar-refractivity contribution in [3.05, 3.63) is 20.8 Å². The first kappa shape index (κ1) is 13.7. The van der Waals surface area contributed by atoms with Gasteiger partial charge in [0.1, 0.15) is 0 Å². The highest BCUT2D eigenvalue weighted by Gasteiger charge is 2.08. The normalized spacial score (nSPS) is 10.4. The molecule has 0 aliphatic carbocycles. The number of hydrogen-bond donors (Lipinski definition) is 1. The summed E-state index contributed by atoms with van der Waals surface area (Å²) in [6, 6.07) is 4.13. The Morgan fingerprint density at radius 3 is 2.88 bits per heavy atom. The lowest BCUT2D eigenvalue weighted by Gasteiger charge is -2.16. The van der Waals surface area contributed by atoms with Crippen LogP contribution in [0.2, 0.25) is 0 Å². The lowest BCUT2D eigenvalue weighted by Crippen LogP contribution is -2.28. The second-order valence-electron chi connectivity index (χ2n) is 3.66. The minimum atomic E-state index is 0.182. The average Bonchev–Trinajstić information content (AvgIpc) is 2.68. The molecule has 1 aromatic heterocycles. The van der Waals surface area contributed by atoms with Gasteiger partial charge in [-0.1, -0.05) is 0 Å². The van der Waals surface area contributed by atoms with E-state index in [2.05, 4.69) is 22.0 Å². The molecule has 0 unspecified atom stereocenters. The Bertz CT molecular complexity index is 340. The number of halogens is 1. The van der Waals surface area contributed by atoms with Crippen molar-refractivity contribution < 1.29 is 4.79 Å². The zero-order chi connectivity index (χ0) is 12.0. The fourth-order valence-corrected chi connectivity index (χ4v) is 2.80. The van der Waals surface area contributed by atoms with Crippen LogP contribution in [0, 0.1) is 0 Å². The van der Waals surface area contributed by atoms with Gasteiger partial charge in [-0.2, -0.15) is 0 Å². The van der Waals surface area contributed by atoms with E-state index >= 15 is 0 Å². The Morgan fingerprint density at radius 2 is 2.31 bits per heavy atom. The molecule has 0 aliphatic rings. The van der Waals surface area contributed by atoms with Gasteiger partial charge >= 0.3 is 0 Å². The summed E-state index contributed by atoms with van der Waals surface area (Å²) < 4.78 is 1.14. The number of nitrogens with zero attached hydrogens (tertiary/aromatic N) is 1. The van der Waals surface area contributed by atoms with Crippen LogP contribution in [0.1, 0.15) is 17.7 Å². The first-order valence-electron chi connectivity index (χ1n) is 5.31. The third kappa shape index (κ3) is 4.63. The number of thiophene rings is 1. The van der Waals surface area contributed by atoms with Gasteiger partial charge in [-0.25, -0.2) is 0 Å². The van der Waals surface area contributed by atoms with Crippen molar-refractivity contribution in [2.75, 3.05) is 20.1 Å². The number of likely N-dealkylation sites (N-methyl/N-ethyl adjacent to an activating group) is 1. The maximum Gasteiger partial charge on any atom is 0.222 e. The molecule has 0 spiro atoms. The van der Waals surface area contributed by atoms with Crippen molar-refractivity contribution in [2.45, 2.75) is 19.3 Å². The summed E-state index contributed by atoms with van der Waals surface area (Å²) in [6.45, 7) is 1.35. The van der Waals surface area contributed by atoms with Crippen LogP contribution < -0.4 is 5.73 Å². The highest BCUT2D eigenvalue weighted by atomic mass is 79.9. The van der Waals surface area contributed by atoms with Gasteiger partial charge in [0.15, 0.2) is 0 Å². The van der Waals surface area contributed by atoms with Gasteiger partial charge in [0, 0.05) is 24.9 Å². The van der Waals surface area contributed by atoms with Crippen LogP contribution in [0.15, 0.2) is 15.9 Å². The summed E-state index contributed by atoms with van der Waals surface area (Å²) in [5.41, 5.74) is 5.37. The molecular formula is C11H17BrN2OS. The molecule has 1 amide bonds. The van der Waals surface area contributed by atoms with Crippen LogP contribution in [0.5, 0.6) is 0 Å². The molecule has 16 heavy (non-hydrogen) atoms. The van der Waals surface area contributed by atoms with Crippen LogP contribution >= 0.6 is 27.3 Å². The van der Waals surface area contributed by atoms with Crippen molar-refractivity contribution in [1.82, 2.24) is 4.90 Å². The second-order valence-corrected chi connectivity index (χ2v) is 6.21. The summed E-state index contributed by atoms with van der Waals surface area (Å²) >= 11 is 5.14. The fourth-order valence-electron chi connectivity index (χ4n) is 1.33. The van der Waals surface area contributed by atoms with E-state index in [4.69, 9.17) is 5.73 Å². The molecule has 0 saturated carbocycles. The first-order chi connectivity index (χ1) is 7.63. The smallest absolute Gasteiger partial charge is 0.222 e. The molecule has 0 bridgehead atoms.